The molecule has 7 nitrogen and oxygen atoms in total. The van der Waals surface area contributed by atoms with Gasteiger partial charge in [-0.05, 0) is 35.9 Å². The predicted octanol–water partition coefficient (Wildman–Crippen LogP) is 5.18. The first-order chi connectivity index (χ1) is 16.0. The SMILES string of the molecule is Cn1cnc(-c2cccc(NC(=O)Cc3cccc(Cl)c3)c2)c1-c1cc2c(N)ncnc2s1. The second-order valence-electron chi connectivity index (χ2n) is 7.58. The molecule has 3 heterocycles. The lowest BCUT2D eigenvalue weighted by Crippen LogP contribution is -2.14. The van der Waals surface area contributed by atoms with E-state index in [1.54, 1.807) is 18.5 Å². The molecule has 2 aromatic carbocycles. The maximum absolute atomic E-state index is 12.6. The van der Waals surface area contributed by atoms with Crippen molar-refractivity contribution in [1.29, 1.82) is 0 Å². The number of amides is 1. The number of nitrogens with one attached hydrogen (secondary N) is 1. The molecule has 0 aliphatic carbocycles. The molecule has 0 unspecified atom stereocenters. The van der Waals surface area contributed by atoms with Crippen LogP contribution in [0.15, 0.2) is 67.3 Å². The minimum Gasteiger partial charge on any atom is -0.383 e. The number of hydrogen-bond acceptors (Lipinski definition) is 6. The molecule has 0 bridgehead atoms. The van der Waals surface area contributed by atoms with Gasteiger partial charge in [0.2, 0.25) is 5.91 Å². The molecule has 5 aromatic rings. The summed E-state index contributed by atoms with van der Waals surface area (Å²) in [7, 11) is 1.95. The van der Waals surface area contributed by atoms with Crippen LogP contribution >= 0.6 is 22.9 Å². The number of rotatable bonds is 5. The zero-order valence-corrected chi connectivity index (χ0v) is 19.2. The Hall–Kier alpha value is -3.75. The molecule has 0 atom stereocenters. The van der Waals surface area contributed by atoms with Gasteiger partial charge >= 0.3 is 0 Å². The van der Waals surface area contributed by atoms with E-state index in [1.807, 2.05) is 54.1 Å². The highest BCUT2D eigenvalue weighted by Gasteiger charge is 2.18. The molecule has 5 rings (SSSR count). The largest absolute Gasteiger partial charge is 0.383 e. The molecule has 0 saturated carbocycles. The molecule has 0 aliphatic heterocycles. The van der Waals surface area contributed by atoms with Crippen LogP contribution in [0, 0.1) is 0 Å². The van der Waals surface area contributed by atoms with Gasteiger partial charge in [-0.1, -0.05) is 35.9 Å². The Balaban J connectivity index is 1.44. The molecule has 33 heavy (non-hydrogen) atoms. The van der Waals surface area contributed by atoms with Gasteiger partial charge in [-0.25, -0.2) is 15.0 Å². The second-order valence-corrected chi connectivity index (χ2v) is 9.04. The first-order valence-electron chi connectivity index (χ1n) is 10.1. The molecule has 3 N–H and O–H groups in total. The van der Waals surface area contributed by atoms with Crippen LogP contribution in [-0.2, 0) is 18.3 Å². The van der Waals surface area contributed by atoms with Gasteiger partial charge in [0.1, 0.15) is 17.0 Å². The van der Waals surface area contributed by atoms with Crippen molar-refractivity contribution in [3.05, 3.63) is 77.8 Å². The number of carbonyl (C=O) groups is 1. The van der Waals surface area contributed by atoms with E-state index in [9.17, 15) is 4.79 Å². The minimum absolute atomic E-state index is 0.116. The molecule has 1 amide bonds. The van der Waals surface area contributed by atoms with Gasteiger partial charge in [-0.3, -0.25) is 4.79 Å². The number of hydrogen-bond donors (Lipinski definition) is 2. The molecule has 3 aromatic heterocycles. The Labute approximate surface area is 198 Å². The van der Waals surface area contributed by atoms with Crippen molar-refractivity contribution < 1.29 is 4.79 Å². The van der Waals surface area contributed by atoms with Crippen molar-refractivity contribution in [2.24, 2.45) is 7.05 Å². The van der Waals surface area contributed by atoms with Gasteiger partial charge in [0, 0.05) is 23.3 Å². The van der Waals surface area contributed by atoms with Gasteiger partial charge < -0.3 is 15.6 Å². The zero-order chi connectivity index (χ0) is 22.9. The Bertz CT molecular complexity index is 1490. The molecule has 0 fully saturated rings. The van der Waals surface area contributed by atoms with Crippen LogP contribution in [0.25, 0.3) is 32.0 Å². The van der Waals surface area contributed by atoms with E-state index in [1.165, 1.54) is 17.7 Å². The number of carbonyl (C=O) groups excluding carboxylic acids is 1. The van der Waals surface area contributed by atoms with Crippen LogP contribution in [0.3, 0.4) is 0 Å². The average Bonchev–Trinajstić information content (AvgIpc) is 3.38. The number of fused-ring (bicyclic) bond motifs is 1. The summed E-state index contributed by atoms with van der Waals surface area (Å²) < 4.78 is 1.97. The fourth-order valence-electron chi connectivity index (χ4n) is 3.70. The summed E-state index contributed by atoms with van der Waals surface area (Å²) in [5.74, 6) is 0.338. The van der Waals surface area contributed by atoms with Gasteiger partial charge in [-0.15, -0.1) is 11.3 Å². The number of nitrogens with two attached hydrogens (primary N) is 1. The maximum Gasteiger partial charge on any atom is 0.228 e. The van der Waals surface area contributed by atoms with Gasteiger partial charge in [0.05, 0.1) is 34.4 Å². The Morgan fingerprint density at radius 1 is 1.12 bits per heavy atom. The Morgan fingerprint density at radius 2 is 1.97 bits per heavy atom. The van der Waals surface area contributed by atoms with Crippen molar-refractivity contribution in [3.63, 3.8) is 0 Å². The summed E-state index contributed by atoms with van der Waals surface area (Å²) in [4.78, 5) is 27.4. The lowest BCUT2D eigenvalue weighted by molar-refractivity contribution is -0.115. The molecule has 0 saturated heterocycles. The number of benzene rings is 2. The van der Waals surface area contributed by atoms with Crippen LogP contribution in [0.1, 0.15) is 5.56 Å². The molecule has 0 radical (unpaired) electrons. The van der Waals surface area contributed by atoms with Gasteiger partial charge in [-0.2, -0.15) is 0 Å². The first kappa shape index (κ1) is 21.1. The lowest BCUT2D eigenvalue weighted by atomic mass is 10.1. The normalized spacial score (nSPS) is 11.1. The van der Waals surface area contributed by atoms with E-state index in [-0.39, 0.29) is 12.3 Å². The summed E-state index contributed by atoms with van der Waals surface area (Å²) in [6.45, 7) is 0. The lowest BCUT2D eigenvalue weighted by Gasteiger charge is -2.09. The van der Waals surface area contributed by atoms with Crippen LogP contribution in [-0.4, -0.2) is 25.4 Å². The summed E-state index contributed by atoms with van der Waals surface area (Å²) >= 11 is 7.56. The summed E-state index contributed by atoms with van der Waals surface area (Å²) in [5.41, 5.74) is 10.2. The summed E-state index contributed by atoms with van der Waals surface area (Å²) in [6, 6.07) is 16.9. The van der Waals surface area contributed by atoms with Crippen LogP contribution in [0.4, 0.5) is 11.5 Å². The molecule has 0 aliphatic rings. The highest BCUT2D eigenvalue weighted by molar-refractivity contribution is 7.21. The third kappa shape index (κ3) is 4.30. The predicted molar refractivity (Wildman–Crippen MR) is 133 cm³/mol. The Kier molecular flexibility index (Phi) is 5.53. The monoisotopic (exact) mass is 474 g/mol. The average molecular weight is 475 g/mol. The van der Waals surface area contributed by atoms with Gasteiger partial charge in [0.15, 0.2) is 0 Å². The summed E-state index contributed by atoms with van der Waals surface area (Å²) in [5, 5.41) is 4.40. The van der Waals surface area contributed by atoms with Crippen LogP contribution in [0.2, 0.25) is 5.02 Å². The van der Waals surface area contributed by atoms with E-state index >= 15 is 0 Å². The van der Waals surface area contributed by atoms with Crippen LogP contribution < -0.4 is 11.1 Å². The Morgan fingerprint density at radius 3 is 2.79 bits per heavy atom. The first-order valence-corrected chi connectivity index (χ1v) is 11.3. The van der Waals surface area contributed by atoms with Crippen molar-refractivity contribution in [2.75, 3.05) is 11.1 Å². The van der Waals surface area contributed by atoms with E-state index in [0.717, 1.165) is 37.6 Å². The highest BCUT2D eigenvalue weighted by Crippen LogP contribution is 2.39. The highest BCUT2D eigenvalue weighted by atomic mass is 35.5. The zero-order valence-electron chi connectivity index (χ0n) is 17.6. The van der Waals surface area contributed by atoms with E-state index < -0.39 is 0 Å². The molecular weight excluding hydrogens is 456 g/mol. The molecule has 9 heteroatoms. The molecular formula is C24H19ClN6OS. The van der Waals surface area contributed by atoms with Gasteiger partial charge in [0.25, 0.3) is 0 Å². The number of nitrogen functional groups attached to an aromatic ring is 1. The van der Waals surface area contributed by atoms with Crippen molar-refractivity contribution in [2.45, 2.75) is 6.42 Å². The minimum atomic E-state index is -0.116. The maximum atomic E-state index is 12.6. The number of imidazole rings is 1. The van der Waals surface area contributed by atoms with Crippen molar-refractivity contribution >= 4 is 50.6 Å². The molecule has 164 valence electrons. The fourth-order valence-corrected chi connectivity index (χ4v) is 5.01. The third-order valence-corrected chi connectivity index (χ3v) is 6.49. The number of thiophene rings is 1. The fraction of sp³-hybridized carbons (Fsp3) is 0.0833. The standard InChI is InChI=1S/C24H19ClN6OS/c1-31-13-29-21(22(31)19-11-18-23(26)27-12-28-24(18)33-19)15-5-3-7-17(10-15)30-20(32)9-14-4-2-6-16(25)8-14/h2-8,10-13H,9H2,1H3,(H,30,32)(H2,26,27,28). The van der Waals surface area contributed by atoms with Crippen LogP contribution in [0.5, 0.6) is 0 Å². The van der Waals surface area contributed by atoms with E-state index in [4.69, 9.17) is 17.3 Å². The van der Waals surface area contributed by atoms with Crippen molar-refractivity contribution in [1.82, 2.24) is 19.5 Å². The number of halogens is 1. The number of aryl methyl sites for hydroxylation is 1. The quantitative estimate of drug-likeness (QED) is 0.366. The topological polar surface area (TPSA) is 98.7 Å². The molecule has 0 spiro atoms. The van der Waals surface area contributed by atoms with E-state index in [2.05, 4.69) is 20.3 Å². The third-order valence-electron chi connectivity index (χ3n) is 5.20. The number of nitrogens with zero attached hydrogens (tertiary/aromatic N) is 4. The smallest absolute Gasteiger partial charge is 0.228 e. The van der Waals surface area contributed by atoms with E-state index in [0.29, 0.717) is 16.5 Å². The number of anilines is 2. The van der Waals surface area contributed by atoms with Crippen molar-refractivity contribution in [3.8, 4) is 21.8 Å². The number of aromatic nitrogens is 4. The second kappa shape index (κ2) is 8.65. The summed E-state index contributed by atoms with van der Waals surface area (Å²) in [6.07, 6.45) is 3.48.